The summed E-state index contributed by atoms with van der Waals surface area (Å²) < 4.78 is 0. The Labute approximate surface area is 93.8 Å². The first-order valence-electron chi connectivity index (χ1n) is 5.32. The minimum absolute atomic E-state index is 0.618. The van der Waals surface area contributed by atoms with Crippen LogP contribution in [0.1, 0.15) is 17.3 Å². The Morgan fingerprint density at radius 1 is 1.07 bits per heavy atom. The summed E-state index contributed by atoms with van der Waals surface area (Å²) >= 11 is 1.91. The molecule has 0 saturated carbocycles. The lowest BCUT2D eigenvalue weighted by Crippen LogP contribution is -2.34. The van der Waals surface area contributed by atoms with Crippen LogP contribution in [0.4, 0.5) is 0 Å². The lowest BCUT2D eigenvalue weighted by atomic mass is 10.1. The van der Waals surface area contributed by atoms with Gasteiger partial charge in [-0.2, -0.15) is 0 Å². The molecule has 1 nitrogen and oxygen atoms in total. The van der Waals surface area contributed by atoms with Crippen LogP contribution in [0.2, 0.25) is 0 Å². The van der Waals surface area contributed by atoms with Crippen molar-refractivity contribution in [2.45, 2.75) is 12.5 Å². The molecule has 76 valence electrons. The molecule has 15 heavy (non-hydrogen) atoms. The molecule has 0 bridgehead atoms. The van der Waals surface area contributed by atoms with Crippen LogP contribution in [0.15, 0.2) is 42.5 Å². The molecule has 1 saturated heterocycles. The third-order valence-electron chi connectivity index (χ3n) is 2.85. The number of benzene rings is 1. The van der Waals surface area contributed by atoms with Crippen LogP contribution >= 0.6 is 11.3 Å². The Hall–Kier alpha value is -1.12. The second-order valence-electron chi connectivity index (χ2n) is 3.86. The van der Waals surface area contributed by atoms with Crippen molar-refractivity contribution in [2.24, 2.45) is 0 Å². The molecule has 2 aromatic rings. The van der Waals surface area contributed by atoms with E-state index in [1.54, 1.807) is 0 Å². The molecular formula is C13H13NS. The molecule has 2 heterocycles. The first kappa shape index (κ1) is 9.13. The third-order valence-corrected chi connectivity index (χ3v) is 4.10. The maximum atomic E-state index is 3.44. The van der Waals surface area contributed by atoms with E-state index in [0.717, 1.165) is 0 Å². The zero-order valence-electron chi connectivity index (χ0n) is 8.44. The molecule has 2 heteroatoms. The SMILES string of the molecule is c1ccc(-c2ccc(C3CCN3)s2)cc1. The first-order valence-corrected chi connectivity index (χ1v) is 6.14. The highest BCUT2D eigenvalue weighted by molar-refractivity contribution is 7.15. The summed E-state index contributed by atoms with van der Waals surface area (Å²) in [7, 11) is 0. The summed E-state index contributed by atoms with van der Waals surface area (Å²) in [4.78, 5) is 2.85. The molecule has 1 unspecified atom stereocenters. The van der Waals surface area contributed by atoms with Crippen molar-refractivity contribution in [3.05, 3.63) is 47.3 Å². The number of thiophene rings is 1. The first-order chi connectivity index (χ1) is 7.43. The van der Waals surface area contributed by atoms with Gasteiger partial charge in [-0.15, -0.1) is 11.3 Å². The van der Waals surface area contributed by atoms with Crippen molar-refractivity contribution in [3.63, 3.8) is 0 Å². The van der Waals surface area contributed by atoms with Gasteiger partial charge in [-0.25, -0.2) is 0 Å². The molecular weight excluding hydrogens is 202 g/mol. The Morgan fingerprint density at radius 2 is 1.87 bits per heavy atom. The van der Waals surface area contributed by atoms with Crippen LogP contribution in [0, 0.1) is 0 Å². The van der Waals surface area contributed by atoms with Gasteiger partial charge in [0.1, 0.15) is 0 Å². The predicted molar refractivity (Wildman–Crippen MR) is 65.1 cm³/mol. The molecule has 1 aromatic carbocycles. The average molecular weight is 215 g/mol. The van der Waals surface area contributed by atoms with E-state index in [4.69, 9.17) is 0 Å². The fourth-order valence-electron chi connectivity index (χ4n) is 1.83. The number of rotatable bonds is 2. The van der Waals surface area contributed by atoms with Gasteiger partial charge in [0.05, 0.1) is 0 Å². The highest BCUT2D eigenvalue weighted by Crippen LogP contribution is 2.34. The highest BCUT2D eigenvalue weighted by Gasteiger charge is 2.20. The summed E-state index contributed by atoms with van der Waals surface area (Å²) in [5.74, 6) is 0. The van der Waals surface area contributed by atoms with E-state index in [9.17, 15) is 0 Å². The standard InChI is InChI=1S/C13H13NS/c1-2-4-10(5-3-1)12-6-7-13(15-12)11-8-9-14-11/h1-7,11,14H,8-9H2. The topological polar surface area (TPSA) is 12.0 Å². The van der Waals surface area contributed by atoms with Crippen LogP contribution in [-0.2, 0) is 0 Å². The predicted octanol–water partition coefficient (Wildman–Crippen LogP) is 3.45. The van der Waals surface area contributed by atoms with Crippen LogP contribution < -0.4 is 5.32 Å². The molecule has 0 amide bonds. The molecule has 1 aliphatic heterocycles. The summed E-state index contributed by atoms with van der Waals surface area (Å²) in [5, 5.41) is 3.44. The maximum absolute atomic E-state index is 3.44. The molecule has 1 aromatic heterocycles. The van der Waals surface area contributed by atoms with Gasteiger partial charge in [-0.3, -0.25) is 0 Å². The molecule has 1 atom stereocenters. The summed E-state index contributed by atoms with van der Waals surface area (Å²) in [6.45, 7) is 1.17. The van der Waals surface area contributed by atoms with Gasteiger partial charge in [0.15, 0.2) is 0 Å². The molecule has 0 radical (unpaired) electrons. The molecule has 1 N–H and O–H groups in total. The van der Waals surface area contributed by atoms with Gasteiger partial charge in [0.2, 0.25) is 0 Å². The minimum atomic E-state index is 0.618. The van der Waals surface area contributed by atoms with Crippen LogP contribution in [-0.4, -0.2) is 6.54 Å². The van der Waals surface area contributed by atoms with Crippen molar-refractivity contribution in [2.75, 3.05) is 6.54 Å². The quantitative estimate of drug-likeness (QED) is 0.809. The van der Waals surface area contributed by atoms with Crippen molar-refractivity contribution >= 4 is 11.3 Å². The summed E-state index contributed by atoms with van der Waals surface area (Å²) in [6, 6.07) is 15.7. The minimum Gasteiger partial charge on any atom is -0.309 e. The van der Waals surface area contributed by atoms with E-state index in [1.807, 2.05) is 11.3 Å². The van der Waals surface area contributed by atoms with Gasteiger partial charge in [-0.05, 0) is 30.7 Å². The largest absolute Gasteiger partial charge is 0.309 e. The van der Waals surface area contributed by atoms with Gasteiger partial charge in [0.25, 0.3) is 0 Å². The zero-order valence-corrected chi connectivity index (χ0v) is 9.26. The van der Waals surface area contributed by atoms with E-state index < -0.39 is 0 Å². The van der Waals surface area contributed by atoms with Crippen molar-refractivity contribution in [1.29, 1.82) is 0 Å². The Kier molecular flexibility index (Phi) is 2.31. The van der Waals surface area contributed by atoms with Crippen LogP contribution in [0.5, 0.6) is 0 Å². The zero-order chi connectivity index (χ0) is 10.1. The second kappa shape index (κ2) is 3.80. The summed E-state index contributed by atoms with van der Waals surface area (Å²) in [6.07, 6.45) is 1.29. The smallest absolute Gasteiger partial charge is 0.0427 e. The Morgan fingerprint density at radius 3 is 2.53 bits per heavy atom. The van der Waals surface area contributed by atoms with E-state index in [2.05, 4.69) is 47.8 Å². The lowest BCUT2D eigenvalue weighted by Gasteiger charge is -2.26. The number of hydrogen-bond acceptors (Lipinski definition) is 2. The average Bonchev–Trinajstić information content (AvgIpc) is 2.66. The fraction of sp³-hybridized carbons (Fsp3) is 0.231. The van der Waals surface area contributed by atoms with E-state index in [1.165, 1.54) is 28.3 Å². The third kappa shape index (κ3) is 1.71. The monoisotopic (exact) mass is 215 g/mol. The number of nitrogens with one attached hydrogen (secondary N) is 1. The van der Waals surface area contributed by atoms with Crippen LogP contribution in [0.3, 0.4) is 0 Å². The van der Waals surface area contributed by atoms with E-state index in [0.29, 0.717) is 6.04 Å². The molecule has 3 rings (SSSR count). The van der Waals surface area contributed by atoms with E-state index in [-0.39, 0.29) is 0 Å². The van der Waals surface area contributed by atoms with Crippen LogP contribution in [0.25, 0.3) is 10.4 Å². The van der Waals surface area contributed by atoms with E-state index >= 15 is 0 Å². The molecule has 1 fully saturated rings. The normalized spacial score (nSPS) is 19.9. The lowest BCUT2D eigenvalue weighted by molar-refractivity contribution is 0.389. The highest BCUT2D eigenvalue weighted by atomic mass is 32.1. The molecule has 1 aliphatic rings. The van der Waals surface area contributed by atoms with Gasteiger partial charge in [-0.1, -0.05) is 30.3 Å². The van der Waals surface area contributed by atoms with Crippen molar-refractivity contribution in [1.82, 2.24) is 5.32 Å². The van der Waals surface area contributed by atoms with Gasteiger partial charge >= 0.3 is 0 Å². The van der Waals surface area contributed by atoms with Crippen molar-refractivity contribution < 1.29 is 0 Å². The Balaban J connectivity index is 1.90. The summed E-state index contributed by atoms with van der Waals surface area (Å²) in [5.41, 5.74) is 1.33. The fourth-order valence-corrected chi connectivity index (χ4v) is 2.95. The van der Waals surface area contributed by atoms with Gasteiger partial charge in [0, 0.05) is 15.8 Å². The molecule has 0 spiro atoms. The Bertz CT molecular complexity index is 443. The molecule has 0 aliphatic carbocycles. The second-order valence-corrected chi connectivity index (χ2v) is 4.98. The van der Waals surface area contributed by atoms with Gasteiger partial charge < -0.3 is 5.32 Å². The number of hydrogen-bond donors (Lipinski definition) is 1. The van der Waals surface area contributed by atoms with Crippen molar-refractivity contribution in [3.8, 4) is 10.4 Å². The maximum Gasteiger partial charge on any atom is 0.0427 e.